The summed E-state index contributed by atoms with van der Waals surface area (Å²) in [7, 11) is 1.65. The van der Waals surface area contributed by atoms with E-state index >= 15 is 0 Å². The fourth-order valence-electron chi connectivity index (χ4n) is 2.37. The van der Waals surface area contributed by atoms with E-state index in [0.29, 0.717) is 12.5 Å². The summed E-state index contributed by atoms with van der Waals surface area (Å²) >= 11 is 0. The standard InChI is InChI=1S/C19H32N4O.HI/c1-7-21-18(23-13-19(4,5)17(24)20-6)22-12-15(3)16-10-8-9-14(2)11-16;/h8-11,15H,7,12-13H2,1-6H3,(H,20,24)(H2,21,22,23);1H. The Balaban J connectivity index is 0.00000576. The van der Waals surface area contributed by atoms with Gasteiger partial charge in [0.1, 0.15) is 0 Å². The number of benzene rings is 1. The largest absolute Gasteiger partial charge is 0.359 e. The molecule has 25 heavy (non-hydrogen) atoms. The molecule has 1 amide bonds. The average Bonchev–Trinajstić information content (AvgIpc) is 2.56. The zero-order valence-electron chi connectivity index (χ0n) is 16.3. The molecule has 1 atom stereocenters. The highest BCUT2D eigenvalue weighted by molar-refractivity contribution is 14.0. The minimum absolute atomic E-state index is 0. The van der Waals surface area contributed by atoms with Gasteiger partial charge in [0, 0.05) is 20.1 Å². The molecule has 0 radical (unpaired) electrons. The Morgan fingerprint density at radius 2 is 1.96 bits per heavy atom. The third kappa shape index (κ3) is 8.07. The third-order valence-electron chi connectivity index (χ3n) is 4.01. The fraction of sp³-hybridized carbons (Fsp3) is 0.579. The molecule has 0 saturated heterocycles. The molecular weight excluding hydrogens is 427 g/mol. The van der Waals surface area contributed by atoms with Crippen LogP contribution in [0, 0.1) is 12.3 Å². The lowest BCUT2D eigenvalue weighted by Crippen LogP contribution is -2.41. The molecule has 1 rings (SSSR count). The van der Waals surface area contributed by atoms with E-state index in [9.17, 15) is 4.79 Å². The lowest BCUT2D eigenvalue weighted by Gasteiger charge is -2.22. The SMILES string of the molecule is CCNC(=NCC(C)(C)C(=O)NC)NCC(C)c1cccc(C)c1.I. The van der Waals surface area contributed by atoms with E-state index in [1.54, 1.807) is 7.05 Å². The molecule has 142 valence electrons. The maximum Gasteiger partial charge on any atom is 0.227 e. The van der Waals surface area contributed by atoms with Gasteiger partial charge in [0.2, 0.25) is 5.91 Å². The second-order valence-corrected chi connectivity index (χ2v) is 6.85. The molecule has 0 heterocycles. The topological polar surface area (TPSA) is 65.5 Å². The van der Waals surface area contributed by atoms with Crippen LogP contribution < -0.4 is 16.0 Å². The monoisotopic (exact) mass is 460 g/mol. The lowest BCUT2D eigenvalue weighted by atomic mass is 9.93. The van der Waals surface area contributed by atoms with E-state index < -0.39 is 5.41 Å². The van der Waals surface area contributed by atoms with Crippen molar-refractivity contribution in [1.29, 1.82) is 0 Å². The van der Waals surface area contributed by atoms with E-state index in [1.165, 1.54) is 11.1 Å². The molecule has 0 fully saturated rings. The Morgan fingerprint density at radius 1 is 1.28 bits per heavy atom. The number of aryl methyl sites for hydroxylation is 1. The molecule has 0 aliphatic carbocycles. The highest BCUT2D eigenvalue weighted by Gasteiger charge is 2.26. The van der Waals surface area contributed by atoms with E-state index in [4.69, 9.17) is 0 Å². The molecule has 5 nitrogen and oxygen atoms in total. The Kier molecular flexibility index (Phi) is 10.7. The maximum absolute atomic E-state index is 11.9. The van der Waals surface area contributed by atoms with Crippen molar-refractivity contribution in [2.24, 2.45) is 10.4 Å². The van der Waals surface area contributed by atoms with Crippen molar-refractivity contribution in [1.82, 2.24) is 16.0 Å². The summed E-state index contributed by atoms with van der Waals surface area (Å²) in [6.07, 6.45) is 0. The number of carbonyl (C=O) groups is 1. The molecule has 0 spiro atoms. The molecule has 0 aliphatic heterocycles. The zero-order valence-corrected chi connectivity index (χ0v) is 18.6. The van der Waals surface area contributed by atoms with E-state index in [0.717, 1.165) is 19.0 Å². The Morgan fingerprint density at radius 3 is 2.52 bits per heavy atom. The van der Waals surface area contributed by atoms with Crippen molar-refractivity contribution in [3.05, 3.63) is 35.4 Å². The minimum atomic E-state index is -0.529. The van der Waals surface area contributed by atoms with Crippen LogP contribution in [0.5, 0.6) is 0 Å². The highest BCUT2D eigenvalue weighted by Crippen LogP contribution is 2.16. The van der Waals surface area contributed by atoms with Gasteiger partial charge in [0.25, 0.3) is 0 Å². The lowest BCUT2D eigenvalue weighted by molar-refractivity contribution is -0.128. The molecule has 0 aliphatic rings. The van der Waals surface area contributed by atoms with Crippen molar-refractivity contribution < 1.29 is 4.79 Å². The molecule has 1 aromatic rings. The summed E-state index contributed by atoms with van der Waals surface area (Å²) in [6, 6.07) is 8.56. The molecule has 0 bridgehead atoms. The Bertz CT molecular complexity index is 572. The zero-order chi connectivity index (χ0) is 18.2. The number of hydrogen-bond acceptors (Lipinski definition) is 2. The number of amides is 1. The van der Waals surface area contributed by atoms with Crippen molar-refractivity contribution in [2.45, 2.75) is 40.5 Å². The second kappa shape index (κ2) is 11.3. The molecule has 1 aromatic carbocycles. The van der Waals surface area contributed by atoms with Crippen LogP contribution in [0.4, 0.5) is 0 Å². The third-order valence-corrected chi connectivity index (χ3v) is 4.01. The number of nitrogens with zero attached hydrogens (tertiary/aromatic N) is 1. The predicted molar refractivity (Wildman–Crippen MR) is 117 cm³/mol. The highest BCUT2D eigenvalue weighted by atomic mass is 127. The minimum Gasteiger partial charge on any atom is -0.359 e. The van der Waals surface area contributed by atoms with Gasteiger partial charge in [-0.25, -0.2) is 0 Å². The molecule has 0 saturated carbocycles. The number of halogens is 1. The van der Waals surface area contributed by atoms with E-state index in [1.807, 2.05) is 20.8 Å². The van der Waals surface area contributed by atoms with Crippen LogP contribution in [0.25, 0.3) is 0 Å². The summed E-state index contributed by atoms with van der Waals surface area (Å²) in [4.78, 5) is 16.4. The number of carbonyl (C=O) groups excluding carboxylic acids is 1. The van der Waals surface area contributed by atoms with Crippen molar-refractivity contribution >= 4 is 35.8 Å². The second-order valence-electron chi connectivity index (χ2n) is 6.85. The van der Waals surface area contributed by atoms with Crippen LogP contribution >= 0.6 is 24.0 Å². The van der Waals surface area contributed by atoms with Crippen LogP contribution in [0.3, 0.4) is 0 Å². The molecule has 3 N–H and O–H groups in total. The molecular formula is C19H33IN4O. The van der Waals surface area contributed by atoms with Crippen LogP contribution in [0.1, 0.15) is 44.7 Å². The van der Waals surface area contributed by atoms with Gasteiger partial charge >= 0.3 is 0 Å². The molecule has 0 aromatic heterocycles. The summed E-state index contributed by atoms with van der Waals surface area (Å²) < 4.78 is 0. The summed E-state index contributed by atoms with van der Waals surface area (Å²) in [5, 5.41) is 9.30. The molecule has 6 heteroatoms. The normalized spacial score (nSPS) is 12.8. The van der Waals surface area contributed by atoms with Gasteiger partial charge in [0.05, 0.1) is 12.0 Å². The first-order valence-electron chi connectivity index (χ1n) is 8.61. The van der Waals surface area contributed by atoms with Gasteiger partial charge in [-0.1, -0.05) is 36.8 Å². The first-order valence-corrected chi connectivity index (χ1v) is 8.61. The molecule has 1 unspecified atom stereocenters. The van der Waals surface area contributed by atoms with E-state index in [2.05, 4.69) is 59.1 Å². The first kappa shape index (κ1) is 23.7. The van der Waals surface area contributed by atoms with Gasteiger partial charge < -0.3 is 16.0 Å². The Hall–Kier alpha value is -1.31. The van der Waals surface area contributed by atoms with Crippen LogP contribution in [0.2, 0.25) is 0 Å². The van der Waals surface area contributed by atoms with Gasteiger partial charge in [0.15, 0.2) is 5.96 Å². The number of nitrogens with one attached hydrogen (secondary N) is 3. The average molecular weight is 460 g/mol. The van der Waals surface area contributed by atoms with Crippen molar-refractivity contribution in [3.8, 4) is 0 Å². The van der Waals surface area contributed by atoms with Crippen molar-refractivity contribution in [2.75, 3.05) is 26.7 Å². The number of aliphatic imine (C=N–C) groups is 1. The van der Waals surface area contributed by atoms with Crippen molar-refractivity contribution in [3.63, 3.8) is 0 Å². The van der Waals surface area contributed by atoms with Gasteiger partial charge in [-0.05, 0) is 39.2 Å². The Labute approximate surface area is 169 Å². The van der Waals surface area contributed by atoms with Crippen LogP contribution in [-0.4, -0.2) is 38.5 Å². The van der Waals surface area contributed by atoms with Gasteiger partial charge in [-0.2, -0.15) is 0 Å². The predicted octanol–water partition coefficient (Wildman–Crippen LogP) is 3.04. The van der Waals surface area contributed by atoms with Crippen LogP contribution in [-0.2, 0) is 4.79 Å². The maximum atomic E-state index is 11.9. The number of guanidine groups is 1. The smallest absolute Gasteiger partial charge is 0.227 e. The summed E-state index contributed by atoms with van der Waals surface area (Å²) in [5.74, 6) is 1.12. The van der Waals surface area contributed by atoms with E-state index in [-0.39, 0.29) is 29.9 Å². The number of rotatable bonds is 7. The summed E-state index contributed by atoms with van der Waals surface area (Å²) in [6.45, 7) is 12.1. The van der Waals surface area contributed by atoms with Gasteiger partial charge in [-0.3, -0.25) is 9.79 Å². The summed E-state index contributed by atoms with van der Waals surface area (Å²) in [5.41, 5.74) is 2.05. The number of hydrogen-bond donors (Lipinski definition) is 3. The van der Waals surface area contributed by atoms with Gasteiger partial charge in [-0.15, -0.1) is 24.0 Å². The van der Waals surface area contributed by atoms with Crippen LogP contribution in [0.15, 0.2) is 29.3 Å². The first-order chi connectivity index (χ1) is 11.3. The quantitative estimate of drug-likeness (QED) is 0.333. The fourth-order valence-corrected chi connectivity index (χ4v) is 2.37.